The molecule has 1 fully saturated rings. The van der Waals surface area contributed by atoms with Crippen LogP contribution in [0.25, 0.3) is 0 Å². The molecule has 6 heteroatoms. The molecule has 1 aliphatic rings. The number of piperidine rings is 1. The van der Waals surface area contributed by atoms with Crippen molar-refractivity contribution in [1.29, 1.82) is 0 Å². The molecule has 0 bridgehead atoms. The van der Waals surface area contributed by atoms with Crippen LogP contribution in [0.1, 0.15) is 25.3 Å². The van der Waals surface area contributed by atoms with Gasteiger partial charge < -0.3 is 16.0 Å². The van der Waals surface area contributed by atoms with Crippen molar-refractivity contribution in [3.8, 4) is 0 Å². The average Bonchev–Trinajstić information content (AvgIpc) is 2.41. The molecule has 108 valence electrons. The number of amides is 2. The van der Waals surface area contributed by atoms with Crippen LogP contribution in [0.15, 0.2) is 18.2 Å². The number of nitrogens with one attached hydrogen (secondary N) is 1. The second-order valence-corrected chi connectivity index (χ2v) is 5.59. The molecule has 1 aromatic rings. The molecule has 1 aliphatic heterocycles. The van der Waals surface area contributed by atoms with Crippen LogP contribution in [-0.2, 0) is 0 Å². The van der Waals surface area contributed by atoms with Gasteiger partial charge in [-0.3, -0.25) is 0 Å². The number of nitrogens with two attached hydrogens (primary N) is 1. The zero-order valence-corrected chi connectivity index (χ0v) is 12.2. The number of hydrogen-bond acceptors (Lipinski definition) is 2. The number of rotatable bonds is 2. The van der Waals surface area contributed by atoms with Crippen LogP contribution in [0, 0.1) is 11.7 Å². The van der Waals surface area contributed by atoms with Gasteiger partial charge in [0.1, 0.15) is 10.8 Å². The van der Waals surface area contributed by atoms with Crippen LogP contribution in [0.3, 0.4) is 0 Å². The smallest absolute Gasteiger partial charge is 0.321 e. The number of anilines is 1. The highest BCUT2D eigenvalue weighted by atomic mass is 32.1. The molecule has 2 amide bonds. The van der Waals surface area contributed by atoms with E-state index in [2.05, 4.69) is 12.2 Å². The molecule has 0 aromatic heterocycles. The van der Waals surface area contributed by atoms with E-state index in [-0.39, 0.29) is 11.0 Å². The summed E-state index contributed by atoms with van der Waals surface area (Å²) in [6.45, 7) is 3.65. The van der Waals surface area contributed by atoms with Crippen molar-refractivity contribution in [3.63, 3.8) is 0 Å². The lowest BCUT2D eigenvalue weighted by molar-refractivity contribution is 0.186. The minimum Gasteiger partial charge on any atom is -0.389 e. The molecule has 1 saturated heterocycles. The fourth-order valence-corrected chi connectivity index (χ4v) is 2.40. The molecule has 0 saturated carbocycles. The first-order valence-corrected chi connectivity index (χ1v) is 7.03. The number of nitrogens with zero attached hydrogens (tertiary/aromatic N) is 1. The maximum atomic E-state index is 13.2. The maximum absolute atomic E-state index is 13.2. The highest BCUT2D eigenvalue weighted by molar-refractivity contribution is 7.80. The zero-order chi connectivity index (χ0) is 14.7. The van der Waals surface area contributed by atoms with E-state index in [4.69, 9.17) is 18.0 Å². The number of thiocarbonyl (C=S) groups is 1. The molecule has 3 N–H and O–H groups in total. The van der Waals surface area contributed by atoms with E-state index in [9.17, 15) is 9.18 Å². The van der Waals surface area contributed by atoms with Crippen LogP contribution in [0.5, 0.6) is 0 Å². The van der Waals surface area contributed by atoms with Crippen molar-refractivity contribution in [1.82, 2.24) is 4.90 Å². The highest BCUT2D eigenvalue weighted by Gasteiger charge is 2.21. The molecule has 0 radical (unpaired) electrons. The predicted molar refractivity (Wildman–Crippen MR) is 81.3 cm³/mol. The maximum Gasteiger partial charge on any atom is 0.321 e. The molecule has 0 aliphatic carbocycles. The minimum atomic E-state index is -0.433. The monoisotopic (exact) mass is 295 g/mol. The standard InChI is InChI=1S/C14H18FN3OS/c1-9-4-6-18(7-5-9)14(19)17-12-3-2-10(15)8-11(12)13(16)20/h2-3,8-9H,4-7H2,1H3,(H2,16,20)(H,17,19). The van der Waals surface area contributed by atoms with Gasteiger partial charge in [-0.2, -0.15) is 0 Å². The number of halogens is 1. The van der Waals surface area contributed by atoms with Crippen LogP contribution in [0.2, 0.25) is 0 Å². The third-order valence-electron chi connectivity index (χ3n) is 3.56. The van der Waals surface area contributed by atoms with Gasteiger partial charge in [0.15, 0.2) is 0 Å². The van der Waals surface area contributed by atoms with Gasteiger partial charge in [0.2, 0.25) is 0 Å². The summed E-state index contributed by atoms with van der Waals surface area (Å²) in [5.74, 6) is 0.217. The Morgan fingerprint density at radius 2 is 2.10 bits per heavy atom. The Morgan fingerprint density at radius 3 is 2.70 bits per heavy atom. The van der Waals surface area contributed by atoms with E-state index < -0.39 is 5.82 Å². The number of benzene rings is 1. The van der Waals surface area contributed by atoms with Crippen molar-refractivity contribution >= 4 is 28.9 Å². The van der Waals surface area contributed by atoms with Gasteiger partial charge in [-0.15, -0.1) is 0 Å². The lowest BCUT2D eigenvalue weighted by Gasteiger charge is -2.30. The second kappa shape index (κ2) is 6.17. The quantitative estimate of drug-likeness (QED) is 0.825. The van der Waals surface area contributed by atoms with E-state index in [0.717, 1.165) is 25.9 Å². The largest absolute Gasteiger partial charge is 0.389 e. The molecule has 1 aromatic carbocycles. The third kappa shape index (κ3) is 3.45. The van der Waals surface area contributed by atoms with Crippen molar-refractivity contribution in [2.45, 2.75) is 19.8 Å². The van der Waals surface area contributed by atoms with Crippen LogP contribution in [0.4, 0.5) is 14.9 Å². The molecule has 2 rings (SSSR count). The zero-order valence-electron chi connectivity index (χ0n) is 11.4. The number of urea groups is 1. The number of hydrogen-bond donors (Lipinski definition) is 2. The molecular formula is C14H18FN3OS. The first kappa shape index (κ1) is 14.7. The molecular weight excluding hydrogens is 277 g/mol. The van der Waals surface area contributed by atoms with Gasteiger partial charge in [-0.25, -0.2) is 9.18 Å². The number of carbonyl (C=O) groups is 1. The summed E-state index contributed by atoms with van der Waals surface area (Å²) in [5, 5.41) is 2.76. The van der Waals surface area contributed by atoms with Crippen LogP contribution < -0.4 is 11.1 Å². The lowest BCUT2D eigenvalue weighted by Crippen LogP contribution is -2.40. The average molecular weight is 295 g/mol. The van der Waals surface area contributed by atoms with Crippen molar-refractivity contribution < 1.29 is 9.18 Å². The normalized spacial score (nSPS) is 16.0. The summed E-state index contributed by atoms with van der Waals surface area (Å²) in [4.78, 5) is 14.0. The Morgan fingerprint density at radius 1 is 1.45 bits per heavy atom. The predicted octanol–water partition coefficient (Wildman–Crippen LogP) is 2.72. The Kier molecular flexibility index (Phi) is 4.54. The Bertz CT molecular complexity index is 527. The van der Waals surface area contributed by atoms with E-state index >= 15 is 0 Å². The summed E-state index contributed by atoms with van der Waals surface area (Å²) in [6, 6.07) is 3.79. The lowest BCUT2D eigenvalue weighted by atomic mass is 10.00. The van der Waals surface area contributed by atoms with E-state index in [0.29, 0.717) is 17.2 Å². The first-order valence-electron chi connectivity index (χ1n) is 6.62. The summed E-state index contributed by atoms with van der Waals surface area (Å²) in [7, 11) is 0. The van der Waals surface area contributed by atoms with Gasteiger partial charge in [0.25, 0.3) is 0 Å². The van der Waals surface area contributed by atoms with Gasteiger partial charge in [0, 0.05) is 18.7 Å². The summed E-state index contributed by atoms with van der Waals surface area (Å²) < 4.78 is 13.2. The Labute approximate surface area is 123 Å². The van der Waals surface area contributed by atoms with Gasteiger partial charge in [-0.1, -0.05) is 19.1 Å². The van der Waals surface area contributed by atoms with Gasteiger partial charge >= 0.3 is 6.03 Å². The second-order valence-electron chi connectivity index (χ2n) is 5.15. The number of carbonyl (C=O) groups excluding carboxylic acids is 1. The van der Waals surface area contributed by atoms with Gasteiger partial charge in [-0.05, 0) is 37.0 Å². The van der Waals surface area contributed by atoms with Gasteiger partial charge in [0.05, 0.1) is 5.69 Å². The van der Waals surface area contributed by atoms with Crippen molar-refractivity contribution in [3.05, 3.63) is 29.6 Å². The number of likely N-dealkylation sites (tertiary alicyclic amines) is 1. The molecule has 20 heavy (non-hydrogen) atoms. The summed E-state index contributed by atoms with van der Waals surface area (Å²) in [6.07, 6.45) is 2.00. The van der Waals surface area contributed by atoms with Crippen LogP contribution in [-0.4, -0.2) is 29.0 Å². The molecule has 0 unspecified atom stereocenters. The molecule has 1 heterocycles. The summed E-state index contributed by atoms with van der Waals surface area (Å²) in [5.41, 5.74) is 6.35. The summed E-state index contributed by atoms with van der Waals surface area (Å²) >= 11 is 4.88. The fraction of sp³-hybridized carbons (Fsp3) is 0.429. The van der Waals surface area contributed by atoms with E-state index in [1.54, 1.807) is 4.90 Å². The third-order valence-corrected chi connectivity index (χ3v) is 3.78. The van der Waals surface area contributed by atoms with E-state index in [1.165, 1.54) is 18.2 Å². The first-order chi connectivity index (χ1) is 9.47. The molecule has 0 spiro atoms. The molecule has 0 atom stereocenters. The Hall–Kier alpha value is -1.69. The Balaban J connectivity index is 2.10. The van der Waals surface area contributed by atoms with E-state index in [1.807, 2.05) is 0 Å². The fourth-order valence-electron chi connectivity index (χ4n) is 2.24. The SMILES string of the molecule is CC1CCN(C(=O)Nc2ccc(F)cc2C(N)=S)CC1. The van der Waals surface area contributed by atoms with Crippen molar-refractivity contribution in [2.24, 2.45) is 11.7 Å². The minimum absolute atomic E-state index is 0.0621. The highest BCUT2D eigenvalue weighted by Crippen LogP contribution is 2.20. The topological polar surface area (TPSA) is 58.4 Å². The van der Waals surface area contributed by atoms with Crippen LogP contribution >= 0.6 is 12.2 Å². The van der Waals surface area contributed by atoms with Crippen molar-refractivity contribution in [2.75, 3.05) is 18.4 Å². The molecule has 4 nitrogen and oxygen atoms in total.